The van der Waals surface area contributed by atoms with Gasteiger partial charge in [0.15, 0.2) is 0 Å². The van der Waals surface area contributed by atoms with E-state index in [1.807, 2.05) is 160 Å². The topological polar surface area (TPSA) is 180 Å². The van der Waals surface area contributed by atoms with Gasteiger partial charge in [0.25, 0.3) is 0 Å². The minimum Gasteiger partial charge on any atom is -0.508 e. The number of ether oxygens (including phenoxy) is 3. The lowest BCUT2D eigenvalue weighted by molar-refractivity contribution is -0.133. The molecule has 0 aliphatic carbocycles. The average Bonchev–Trinajstić information content (AvgIpc) is 2.17. The predicted octanol–water partition coefficient (Wildman–Crippen LogP) is 16.9. The van der Waals surface area contributed by atoms with Crippen molar-refractivity contribution in [3.05, 3.63) is 244 Å². The third-order valence-corrected chi connectivity index (χ3v) is 15.1. The summed E-state index contributed by atoms with van der Waals surface area (Å²) >= 11 is 12.9. The highest BCUT2D eigenvalue weighted by atomic mass is 80.0. The molecule has 0 spiro atoms. The number of aliphatic hydroxyl groups excluding tert-OH is 1. The summed E-state index contributed by atoms with van der Waals surface area (Å²) in [5.41, 5.74) is 11.3. The van der Waals surface area contributed by atoms with Crippen LogP contribution >= 0.6 is 66.4 Å². The Kier molecular flexibility index (Phi) is 32.0. The van der Waals surface area contributed by atoms with Crippen LogP contribution in [0, 0.1) is 32.6 Å². The number of imide groups is 3. The number of aliphatic hydroxyl groups is 1. The van der Waals surface area contributed by atoms with Crippen LogP contribution in [0.15, 0.2) is 188 Å². The van der Waals surface area contributed by atoms with Gasteiger partial charge in [0.2, 0.25) is 17.7 Å². The van der Waals surface area contributed by atoms with Crippen LogP contribution in [0.5, 0.6) is 5.75 Å². The van der Waals surface area contributed by atoms with Gasteiger partial charge in [-0.3, -0.25) is 14.4 Å². The molecule has 19 heteroatoms. The van der Waals surface area contributed by atoms with Gasteiger partial charge >= 0.3 is 18.3 Å². The summed E-state index contributed by atoms with van der Waals surface area (Å²) in [5.74, 6) is -0.997. The Morgan fingerprint density at radius 3 is 1.09 bits per heavy atom. The molecule has 7 aromatic carbocycles. The number of aryl methyl sites for hydroxylation is 3. The zero-order valence-electron chi connectivity index (χ0n) is 50.9. The maximum Gasteiger partial charge on any atom is 0.416 e. The molecule has 89 heavy (non-hydrogen) atoms. The molecule has 14 nitrogen and oxygen atoms in total. The van der Waals surface area contributed by atoms with Crippen LogP contribution < -0.4 is 0 Å². The smallest absolute Gasteiger partial charge is 0.416 e. The van der Waals surface area contributed by atoms with Crippen molar-refractivity contribution in [3.8, 4) is 5.75 Å². The summed E-state index contributed by atoms with van der Waals surface area (Å²) in [6.07, 6.45) is 1.68. The Hall–Kier alpha value is -6.53. The number of carbonyl (C=O) groups excluding carboxylic acids is 6. The Morgan fingerprint density at radius 1 is 0.483 bits per heavy atom. The fourth-order valence-electron chi connectivity index (χ4n) is 9.59. The van der Waals surface area contributed by atoms with E-state index in [0.717, 1.165) is 38.7 Å². The maximum atomic E-state index is 12.9. The number of nitrogens with zero attached hydrogens (tertiary/aromatic N) is 3. The van der Waals surface area contributed by atoms with Gasteiger partial charge in [-0.2, -0.15) is 0 Å². The number of benzene rings is 7. The highest BCUT2D eigenvalue weighted by Crippen LogP contribution is 2.59. The third-order valence-electron chi connectivity index (χ3n) is 14.4. The van der Waals surface area contributed by atoms with E-state index in [4.69, 9.17) is 19.3 Å². The third kappa shape index (κ3) is 25.3. The maximum absolute atomic E-state index is 12.9. The minimum atomic E-state index is -0.566. The molecule has 2 N–H and O–H groups in total. The molecule has 3 aliphatic rings. The van der Waals surface area contributed by atoms with Gasteiger partial charge < -0.3 is 24.4 Å². The summed E-state index contributed by atoms with van der Waals surface area (Å²) in [5, 5.41) is 18.9. The molecule has 0 saturated carbocycles. The lowest BCUT2D eigenvalue weighted by Crippen LogP contribution is -2.43. The molecule has 3 fully saturated rings. The minimum absolute atomic E-state index is 0. The SMILES string of the molecule is BrP(Br)Br.CCC(=O)N1C(=O)OC[C@@H]1Cc1ccccc1.C[C@@H](Cc1ccc(O)cc1)C(=O)N1C(=O)OC[C@@H]1Cc1ccccc1.Cc1ccc(CBr)cc1.Cc1ccc(CO)cc1.Cc1ccc(C[C@H](C)C(=O)N2C(=O)OC[C@@H]2Cc2ccccc2)cc1.[HH]. The van der Waals surface area contributed by atoms with Crippen molar-refractivity contribution in [3.63, 3.8) is 0 Å². The van der Waals surface area contributed by atoms with Gasteiger partial charge in [0, 0.05) is 25.0 Å². The number of halogens is 4. The lowest BCUT2D eigenvalue weighted by Gasteiger charge is -2.23. The first-order valence-corrected chi connectivity index (χ1v) is 37.7. The largest absolute Gasteiger partial charge is 0.508 e. The van der Waals surface area contributed by atoms with E-state index in [0.29, 0.717) is 45.1 Å². The number of phenols is 1. The van der Waals surface area contributed by atoms with Crippen molar-refractivity contribution < 1.29 is 54.6 Å². The molecular weight excluding hydrogens is 1410 g/mol. The standard InChI is InChI=1S/C21H23NO3.C20H21NO4.C13H15NO3.C8H9Br.C8H10O.Br3P.H2/c1-15-8-10-18(11-9-15)12-16(2)20(23)22-19(14-25-21(22)24)13-17-6-4-3-5-7-17;1-14(11-16-7-9-18(22)10-8-16)19(23)21-17(13-25-20(21)24)12-15-5-3-2-4-6-15;1-2-12(15)14-11(9-17-13(14)16)8-10-6-4-3-5-7-10;2*1-7-2-4-8(6-9)5-3-7;1-4(2)3;/h3-11,16,19H,12-14H2,1-2H3;2-10,14,17,22H,11-13H2,1H3;3-7,11H,2,8-9H2,1H3;2-5H,6H2,1H3;2-5,9H,6H2,1H3;;1H/t16-,19-;14-,17-;11-;;;;/m000..../s1. The van der Waals surface area contributed by atoms with Crippen molar-refractivity contribution in [1.29, 1.82) is 0 Å². The van der Waals surface area contributed by atoms with Crippen molar-refractivity contribution in [1.82, 2.24) is 14.7 Å². The van der Waals surface area contributed by atoms with E-state index < -0.39 is 18.3 Å². The zero-order valence-corrected chi connectivity index (χ0v) is 58.2. The monoisotopic (exact) mass is 1490 g/mol. The normalized spacial score (nSPS) is 16.2. The second-order valence-corrected chi connectivity index (χ2v) is 37.5. The fourth-order valence-corrected chi connectivity index (χ4v) is 9.96. The summed E-state index contributed by atoms with van der Waals surface area (Å²) in [6.45, 7) is 12.5. The number of carbonyl (C=O) groups is 6. The van der Waals surface area contributed by atoms with Crippen LogP contribution in [-0.2, 0) is 72.6 Å². The number of alkyl halides is 1. The van der Waals surface area contributed by atoms with Gasteiger partial charge in [-0.05, 0) is 150 Å². The van der Waals surface area contributed by atoms with E-state index in [1.54, 1.807) is 38.1 Å². The van der Waals surface area contributed by atoms with E-state index in [1.165, 1.54) is 37.0 Å². The highest BCUT2D eigenvalue weighted by molar-refractivity contribution is 9.93. The van der Waals surface area contributed by atoms with Crippen LogP contribution in [0.1, 0.15) is 84.3 Å². The van der Waals surface area contributed by atoms with E-state index >= 15 is 0 Å². The molecular formula is C70H80Br4N3O11P. The number of phenolic OH excluding ortho intramolecular Hbond substituents is 1. The molecule has 5 atom stereocenters. The Labute approximate surface area is 558 Å². The van der Waals surface area contributed by atoms with Gasteiger partial charge in [0.05, 0.1) is 24.7 Å². The molecule has 474 valence electrons. The Bertz CT molecular complexity index is 3110. The van der Waals surface area contributed by atoms with Crippen LogP contribution in [0.4, 0.5) is 14.4 Å². The predicted molar refractivity (Wildman–Crippen MR) is 368 cm³/mol. The summed E-state index contributed by atoms with van der Waals surface area (Å²) < 4.78 is 15.0. The van der Waals surface area contributed by atoms with Gasteiger partial charge in [-0.1, -0.05) is 229 Å². The summed E-state index contributed by atoms with van der Waals surface area (Å²) in [6, 6.07) is 60.0. The molecule has 7 aromatic rings. The molecule has 6 amide bonds. The second kappa shape index (κ2) is 38.9. The van der Waals surface area contributed by atoms with Crippen LogP contribution in [0.3, 0.4) is 0 Å². The van der Waals surface area contributed by atoms with Crippen molar-refractivity contribution >= 4 is 102 Å². The molecule has 0 bridgehead atoms. The number of hydrogen-bond acceptors (Lipinski definition) is 11. The quantitative estimate of drug-likeness (QED) is 0.0566. The summed E-state index contributed by atoms with van der Waals surface area (Å²) in [7, 11) is 0. The molecule has 3 saturated heterocycles. The first-order valence-electron chi connectivity index (χ1n) is 29.2. The molecule has 0 radical (unpaired) electrons. The average molecular weight is 1490 g/mol. The van der Waals surface area contributed by atoms with Crippen molar-refractivity contribution in [2.45, 2.75) is 110 Å². The summed E-state index contributed by atoms with van der Waals surface area (Å²) in [4.78, 5) is 76.7. The molecule has 3 aliphatic heterocycles. The second-order valence-electron chi connectivity index (χ2n) is 21.6. The van der Waals surface area contributed by atoms with Crippen molar-refractivity contribution in [2.75, 3.05) is 19.8 Å². The molecule has 3 heterocycles. The fraction of sp³-hybridized carbons (Fsp3) is 0.314. The number of hydrogen-bond donors (Lipinski definition) is 2. The highest BCUT2D eigenvalue weighted by Gasteiger charge is 2.41. The Balaban J connectivity index is 0.000000248. The van der Waals surface area contributed by atoms with Crippen LogP contribution in [-0.4, -0.2) is 98.9 Å². The van der Waals surface area contributed by atoms with E-state index in [2.05, 4.69) is 93.6 Å². The lowest BCUT2D eigenvalue weighted by atomic mass is 9.98. The number of aromatic hydroxyl groups is 1. The zero-order chi connectivity index (χ0) is 64.8. The van der Waals surface area contributed by atoms with Crippen molar-refractivity contribution in [2.24, 2.45) is 11.8 Å². The number of amides is 6. The van der Waals surface area contributed by atoms with Gasteiger partial charge in [-0.15, -0.1) is 0 Å². The van der Waals surface area contributed by atoms with Gasteiger partial charge in [0.1, 0.15) is 29.6 Å². The van der Waals surface area contributed by atoms with Crippen LogP contribution in [0.2, 0.25) is 0 Å². The number of cyclic esters (lactones) is 3. The first-order chi connectivity index (χ1) is 42.7. The van der Waals surface area contributed by atoms with E-state index in [-0.39, 0.29) is 78.7 Å². The van der Waals surface area contributed by atoms with Crippen LogP contribution in [0.25, 0.3) is 0 Å². The Morgan fingerprint density at radius 2 is 0.775 bits per heavy atom. The van der Waals surface area contributed by atoms with Gasteiger partial charge in [-0.25, -0.2) is 29.1 Å². The number of rotatable bonds is 15. The first kappa shape index (κ1) is 73.2. The van der Waals surface area contributed by atoms with E-state index in [9.17, 15) is 33.9 Å². The molecule has 0 unspecified atom stereocenters. The molecule has 10 rings (SSSR count). The molecule has 0 aromatic heterocycles.